The second kappa shape index (κ2) is 9.97. The zero-order chi connectivity index (χ0) is 18.2. The van der Waals surface area contributed by atoms with Crippen LogP contribution in [0, 0.1) is 0 Å². The zero-order valence-electron chi connectivity index (χ0n) is 15.4. The molecule has 1 N–H and O–H groups in total. The molecular weight excluding hydrogens is 346 g/mol. The van der Waals surface area contributed by atoms with E-state index in [0.29, 0.717) is 11.2 Å². The van der Waals surface area contributed by atoms with E-state index < -0.39 is 0 Å². The summed E-state index contributed by atoms with van der Waals surface area (Å²) in [6.07, 6.45) is 13.5. The summed E-state index contributed by atoms with van der Waals surface area (Å²) in [5, 5.41) is 3.55. The van der Waals surface area contributed by atoms with Crippen molar-refractivity contribution < 1.29 is 9.53 Å². The molecule has 0 radical (unpaired) electrons. The summed E-state index contributed by atoms with van der Waals surface area (Å²) in [7, 11) is 0. The smallest absolute Gasteiger partial charge is 0.330 e. The molecule has 1 unspecified atom stereocenters. The quantitative estimate of drug-likeness (QED) is 0.609. The lowest BCUT2D eigenvalue weighted by molar-refractivity contribution is -0.138. The Morgan fingerprint density at radius 1 is 1.27 bits per heavy atom. The number of carbonyl (C=O) groups excluding carboxylic acids is 1. The predicted octanol–water partition coefficient (Wildman–Crippen LogP) is 3.23. The van der Waals surface area contributed by atoms with Crippen LogP contribution in [-0.4, -0.2) is 46.2 Å². The number of aryl methyl sites for hydroxylation is 1. The van der Waals surface area contributed by atoms with Gasteiger partial charge in [0, 0.05) is 25.0 Å². The molecule has 1 aromatic heterocycles. The minimum Gasteiger partial charge on any atom is -0.398 e. The molecule has 0 bridgehead atoms. The van der Waals surface area contributed by atoms with Crippen LogP contribution in [0.3, 0.4) is 0 Å². The Hall–Kier alpha value is -1.53. The second-order valence-corrected chi connectivity index (χ2v) is 7.64. The van der Waals surface area contributed by atoms with Crippen molar-refractivity contribution in [2.24, 2.45) is 0 Å². The number of pyridine rings is 1. The molecule has 1 aliphatic carbocycles. The number of aromatic nitrogens is 1. The third-order valence-electron chi connectivity index (χ3n) is 5.37. The molecule has 3 rings (SSSR count). The number of rotatable bonds is 6. The molecule has 1 atom stereocenters. The highest BCUT2D eigenvalue weighted by atomic mass is 32.1. The summed E-state index contributed by atoms with van der Waals surface area (Å²) >= 11 is 5.54. The molecule has 2 heterocycles. The summed E-state index contributed by atoms with van der Waals surface area (Å²) < 4.78 is 5.60. The van der Waals surface area contributed by atoms with Crippen molar-refractivity contribution in [1.82, 2.24) is 15.2 Å². The van der Waals surface area contributed by atoms with Crippen molar-refractivity contribution in [2.75, 3.05) is 13.1 Å². The topological polar surface area (TPSA) is 54.5 Å². The van der Waals surface area contributed by atoms with Gasteiger partial charge in [-0.25, -0.2) is 4.79 Å². The fourth-order valence-corrected chi connectivity index (χ4v) is 4.24. The van der Waals surface area contributed by atoms with Gasteiger partial charge in [0.05, 0.1) is 0 Å². The number of nitrogens with zero attached hydrogens (tertiary/aromatic N) is 2. The van der Waals surface area contributed by atoms with Gasteiger partial charge in [-0.1, -0.05) is 25.3 Å². The molecule has 2 fully saturated rings. The van der Waals surface area contributed by atoms with Crippen LogP contribution in [0.4, 0.5) is 0 Å². The number of carbonyl (C=O) groups is 1. The first-order valence-electron chi connectivity index (χ1n) is 9.88. The molecular formula is C20H29N3O2S. The lowest BCUT2D eigenvalue weighted by Crippen LogP contribution is -2.45. The highest BCUT2D eigenvalue weighted by Gasteiger charge is 2.29. The van der Waals surface area contributed by atoms with E-state index in [1.165, 1.54) is 24.8 Å². The van der Waals surface area contributed by atoms with Gasteiger partial charge >= 0.3 is 5.97 Å². The largest absolute Gasteiger partial charge is 0.398 e. The third-order valence-corrected chi connectivity index (χ3v) is 5.69. The van der Waals surface area contributed by atoms with Crippen LogP contribution in [0.2, 0.25) is 0 Å². The number of hydrogen-bond acceptors (Lipinski definition) is 5. The summed E-state index contributed by atoms with van der Waals surface area (Å²) in [6, 6.07) is 4.27. The Morgan fingerprint density at radius 3 is 2.81 bits per heavy atom. The van der Waals surface area contributed by atoms with E-state index in [0.717, 1.165) is 51.6 Å². The number of ether oxygens (including phenoxy) is 1. The predicted molar refractivity (Wildman–Crippen MR) is 106 cm³/mol. The average molecular weight is 376 g/mol. The molecule has 6 heteroatoms. The molecule has 1 aliphatic heterocycles. The SMILES string of the molecule is O=C(OC(=S)N(CCCc1cccnc1)C1CCCCC1)C1CCCN1. The Balaban J connectivity index is 1.56. The van der Waals surface area contributed by atoms with E-state index >= 15 is 0 Å². The Kier molecular flexibility index (Phi) is 7.38. The van der Waals surface area contributed by atoms with Gasteiger partial charge in [-0.2, -0.15) is 0 Å². The first-order chi connectivity index (χ1) is 12.7. The maximum absolute atomic E-state index is 12.3. The van der Waals surface area contributed by atoms with E-state index in [1.807, 2.05) is 12.3 Å². The average Bonchev–Trinajstić information content (AvgIpc) is 3.21. The molecule has 1 aromatic rings. The van der Waals surface area contributed by atoms with Crippen LogP contribution in [0.25, 0.3) is 0 Å². The second-order valence-electron chi connectivity index (χ2n) is 7.29. The first kappa shape index (κ1) is 19.2. The Morgan fingerprint density at radius 2 is 2.12 bits per heavy atom. The summed E-state index contributed by atoms with van der Waals surface area (Å²) in [5.41, 5.74) is 1.23. The number of hydrogen-bond donors (Lipinski definition) is 1. The summed E-state index contributed by atoms with van der Waals surface area (Å²) in [5.74, 6) is -0.222. The number of nitrogens with one attached hydrogen (secondary N) is 1. The lowest BCUT2D eigenvalue weighted by Gasteiger charge is -2.35. The van der Waals surface area contributed by atoms with E-state index in [4.69, 9.17) is 17.0 Å². The normalized spacial score (nSPS) is 20.7. The Bertz CT molecular complexity index is 584. The highest BCUT2D eigenvalue weighted by molar-refractivity contribution is 7.80. The fraction of sp³-hybridized carbons (Fsp3) is 0.650. The minimum atomic E-state index is -0.222. The highest BCUT2D eigenvalue weighted by Crippen LogP contribution is 2.24. The van der Waals surface area contributed by atoms with Crippen LogP contribution in [-0.2, 0) is 16.0 Å². The molecule has 5 nitrogen and oxygen atoms in total. The van der Waals surface area contributed by atoms with Crippen molar-refractivity contribution in [3.8, 4) is 0 Å². The molecule has 1 saturated carbocycles. The summed E-state index contributed by atoms with van der Waals surface area (Å²) in [4.78, 5) is 18.7. The van der Waals surface area contributed by atoms with Crippen LogP contribution >= 0.6 is 12.2 Å². The fourth-order valence-electron chi connectivity index (χ4n) is 3.92. The van der Waals surface area contributed by atoms with E-state index in [9.17, 15) is 4.79 Å². The van der Waals surface area contributed by atoms with Crippen molar-refractivity contribution >= 4 is 23.4 Å². The van der Waals surface area contributed by atoms with Gasteiger partial charge in [0.25, 0.3) is 5.17 Å². The van der Waals surface area contributed by atoms with Crippen LogP contribution < -0.4 is 5.32 Å². The Labute approximate surface area is 161 Å². The summed E-state index contributed by atoms with van der Waals surface area (Å²) in [6.45, 7) is 1.70. The maximum atomic E-state index is 12.3. The van der Waals surface area contributed by atoms with E-state index in [1.54, 1.807) is 6.20 Å². The molecule has 0 aromatic carbocycles. The lowest BCUT2D eigenvalue weighted by atomic mass is 9.94. The third kappa shape index (κ3) is 5.48. The molecule has 2 aliphatic rings. The van der Waals surface area contributed by atoms with E-state index in [2.05, 4.69) is 21.3 Å². The number of thiocarbonyl (C=S) groups is 1. The van der Waals surface area contributed by atoms with Crippen molar-refractivity contribution in [2.45, 2.75) is 69.9 Å². The van der Waals surface area contributed by atoms with Gasteiger partial charge in [0.15, 0.2) is 0 Å². The monoisotopic (exact) mass is 375 g/mol. The van der Waals surface area contributed by atoms with Crippen molar-refractivity contribution in [3.63, 3.8) is 0 Å². The molecule has 1 saturated heterocycles. The molecule has 142 valence electrons. The van der Waals surface area contributed by atoms with Gasteiger partial charge in [0.2, 0.25) is 0 Å². The van der Waals surface area contributed by atoms with Gasteiger partial charge in [-0.3, -0.25) is 4.98 Å². The van der Waals surface area contributed by atoms with Crippen LogP contribution in [0.15, 0.2) is 24.5 Å². The van der Waals surface area contributed by atoms with Gasteiger partial charge in [-0.05, 0) is 68.9 Å². The van der Waals surface area contributed by atoms with Crippen molar-refractivity contribution in [3.05, 3.63) is 30.1 Å². The first-order valence-corrected chi connectivity index (χ1v) is 10.3. The van der Waals surface area contributed by atoms with Crippen LogP contribution in [0.5, 0.6) is 0 Å². The van der Waals surface area contributed by atoms with Gasteiger partial charge in [0.1, 0.15) is 6.04 Å². The van der Waals surface area contributed by atoms with Gasteiger partial charge < -0.3 is 15.0 Å². The van der Waals surface area contributed by atoms with Crippen molar-refractivity contribution in [1.29, 1.82) is 0 Å². The molecule has 26 heavy (non-hydrogen) atoms. The van der Waals surface area contributed by atoms with Gasteiger partial charge in [-0.15, -0.1) is 0 Å². The maximum Gasteiger partial charge on any atom is 0.330 e. The molecule has 0 spiro atoms. The standard InChI is InChI=1S/C20H29N3O2S/c24-19(18-11-5-13-22-18)25-20(26)23(17-9-2-1-3-10-17)14-6-8-16-7-4-12-21-15-16/h4,7,12,15,17-18,22H,1-3,5-6,8-11,13-14H2. The zero-order valence-corrected chi connectivity index (χ0v) is 16.2. The van der Waals surface area contributed by atoms with Crippen LogP contribution in [0.1, 0.15) is 56.9 Å². The minimum absolute atomic E-state index is 0.198. The van der Waals surface area contributed by atoms with E-state index in [-0.39, 0.29) is 12.0 Å². The number of esters is 1. The molecule has 0 amide bonds.